The lowest BCUT2D eigenvalue weighted by Crippen LogP contribution is -2.35. The Morgan fingerprint density at radius 2 is 1.68 bits per heavy atom. The molecule has 2 rings (SSSR count). The summed E-state index contributed by atoms with van der Waals surface area (Å²) in [6, 6.07) is 4.56. The first-order valence-electron chi connectivity index (χ1n) is 7.45. The van der Waals surface area contributed by atoms with Crippen LogP contribution in [-0.2, 0) is 6.54 Å². The van der Waals surface area contributed by atoms with Gasteiger partial charge in [-0.25, -0.2) is 0 Å². The molecular weight excluding hydrogens is 234 g/mol. The normalized spacial score (nSPS) is 17.9. The van der Waals surface area contributed by atoms with E-state index >= 15 is 0 Å². The molecule has 0 unspecified atom stereocenters. The zero-order valence-corrected chi connectivity index (χ0v) is 12.6. The molecule has 1 aromatic rings. The number of rotatable bonds is 5. The topological polar surface area (TPSA) is 32.3 Å². The molecule has 1 aliphatic rings. The lowest BCUT2D eigenvalue weighted by atomic mass is 9.87. The van der Waals surface area contributed by atoms with Crippen molar-refractivity contribution in [1.82, 2.24) is 5.32 Å². The van der Waals surface area contributed by atoms with Gasteiger partial charge < -0.3 is 10.4 Å². The van der Waals surface area contributed by atoms with E-state index in [0.29, 0.717) is 6.61 Å². The molecule has 2 N–H and O–H groups in total. The predicted molar refractivity (Wildman–Crippen MR) is 80.3 cm³/mol. The minimum atomic E-state index is 0.146. The molecule has 0 aliphatic heterocycles. The molecule has 106 valence electrons. The van der Waals surface area contributed by atoms with Gasteiger partial charge in [-0.1, -0.05) is 25.0 Å². The highest BCUT2D eigenvalue weighted by Gasteiger charge is 2.32. The third-order valence-corrected chi connectivity index (χ3v) is 4.77. The van der Waals surface area contributed by atoms with Gasteiger partial charge in [0.2, 0.25) is 0 Å². The fraction of sp³-hybridized carbons (Fsp3) is 0.647. The van der Waals surface area contributed by atoms with Gasteiger partial charge in [0.15, 0.2) is 0 Å². The van der Waals surface area contributed by atoms with Crippen molar-refractivity contribution in [3.05, 3.63) is 34.4 Å². The first-order chi connectivity index (χ1) is 9.06. The van der Waals surface area contributed by atoms with Gasteiger partial charge in [0.1, 0.15) is 0 Å². The van der Waals surface area contributed by atoms with Gasteiger partial charge in [0, 0.05) is 25.1 Å². The quantitative estimate of drug-likeness (QED) is 0.852. The van der Waals surface area contributed by atoms with E-state index in [-0.39, 0.29) is 5.41 Å². The second-order valence-corrected chi connectivity index (χ2v) is 6.33. The van der Waals surface area contributed by atoms with E-state index in [0.717, 1.165) is 13.1 Å². The van der Waals surface area contributed by atoms with Gasteiger partial charge in [-0.3, -0.25) is 0 Å². The first-order valence-corrected chi connectivity index (χ1v) is 7.45. The number of aliphatic hydroxyl groups excluding tert-OH is 1. The number of benzene rings is 1. The van der Waals surface area contributed by atoms with Crippen LogP contribution in [0.25, 0.3) is 0 Å². The van der Waals surface area contributed by atoms with E-state index in [4.69, 9.17) is 0 Å². The molecule has 0 aromatic heterocycles. The van der Waals surface area contributed by atoms with Crippen molar-refractivity contribution in [2.24, 2.45) is 5.41 Å². The van der Waals surface area contributed by atoms with Crippen molar-refractivity contribution in [2.45, 2.75) is 53.0 Å². The maximum Gasteiger partial charge on any atom is 0.0499 e. The van der Waals surface area contributed by atoms with Crippen molar-refractivity contribution in [3.8, 4) is 0 Å². The Balaban J connectivity index is 1.94. The van der Waals surface area contributed by atoms with E-state index in [1.807, 2.05) is 0 Å². The SMILES string of the molecule is Cc1cc(C)c(CNCC2(CO)CCCC2)cc1C. The minimum absolute atomic E-state index is 0.146. The zero-order valence-electron chi connectivity index (χ0n) is 12.6. The molecule has 1 fully saturated rings. The van der Waals surface area contributed by atoms with Crippen LogP contribution in [0.4, 0.5) is 0 Å². The van der Waals surface area contributed by atoms with Crippen molar-refractivity contribution in [1.29, 1.82) is 0 Å². The number of hydrogen-bond acceptors (Lipinski definition) is 2. The number of aryl methyl sites for hydroxylation is 3. The van der Waals surface area contributed by atoms with Crippen LogP contribution in [-0.4, -0.2) is 18.3 Å². The zero-order chi connectivity index (χ0) is 13.9. The molecule has 19 heavy (non-hydrogen) atoms. The first kappa shape index (κ1) is 14.5. The molecule has 1 aromatic carbocycles. The standard InChI is InChI=1S/C17H27NO/c1-13-8-15(3)16(9-14(13)2)10-18-11-17(12-19)6-4-5-7-17/h8-9,18-19H,4-7,10-12H2,1-3H3. The van der Waals surface area contributed by atoms with Crippen LogP contribution in [0.3, 0.4) is 0 Å². The smallest absolute Gasteiger partial charge is 0.0499 e. The average Bonchev–Trinajstić information content (AvgIpc) is 2.85. The Kier molecular flexibility index (Phi) is 4.64. The Labute approximate surface area is 117 Å². The Bertz CT molecular complexity index is 433. The summed E-state index contributed by atoms with van der Waals surface area (Å²) < 4.78 is 0. The van der Waals surface area contributed by atoms with Gasteiger partial charge in [0.25, 0.3) is 0 Å². The summed E-state index contributed by atoms with van der Waals surface area (Å²) in [6.07, 6.45) is 4.88. The second kappa shape index (κ2) is 6.06. The molecule has 2 nitrogen and oxygen atoms in total. The monoisotopic (exact) mass is 261 g/mol. The summed E-state index contributed by atoms with van der Waals surface area (Å²) in [6.45, 7) is 8.70. The summed E-state index contributed by atoms with van der Waals surface area (Å²) in [5.74, 6) is 0. The maximum absolute atomic E-state index is 9.61. The van der Waals surface area contributed by atoms with Crippen LogP contribution in [0, 0.1) is 26.2 Å². The van der Waals surface area contributed by atoms with Crippen LogP contribution in [0.2, 0.25) is 0 Å². The van der Waals surface area contributed by atoms with Gasteiger partial charge >= 0.3 is 0 Å². The molecule has 0 atom stereocenters. The lowest BCUT2D eigenvalue weighted by Gasteiger charge is -2.27. The highest BCUT2D eigenvalue weighted by Crippen LogP contribution is 2.36. The van der Waals surface area contributed by atoms with Crippen molar-refractivity contribution >= 4 is 0 Å². The summed E-state index contributed by atoms with van der Waals surface area (Å²) in [5, 5.41) is 13.2. The molecule has 0 heterocycles. The average molecular weight is 261 g/mol. The molecule has 1 aliphatic carbocycles. The van der Waals surface area contributed by atoms with Gasteiger partial charge in [0.05, 0.1) is 0 Å². The van der Waals surface area contributed by atoms with Crippen LogP contribution < -0.4 is 5.32 Å². The van der Waals surface area contributed by atoms with Crippen LogP contribution in [0.5, 0.6) is 0 Å². The Hall–Kier alpha value is -0.860. The summed E-state index contributed by atoms with van der Waals surface area (Å²) in [4.78, 5) is 0. The van der Waals surface area contributed by atoms with Gasteiger partial charge in [-0.05, 0) is 55.9 Å². The van der Waals surface area contributed by atoms with E-state index < -0.39 is 0 Å². The van der Waals surface area contributed by atoms with E-state index in [1.54, 1.807) is 0 Å². The molecule has 0 saturated heterocycles. The fourth-order valence-corrected chi connectivity index (χ4v) is 3.19. The fourth-order valence-electron chi connectivity index (χ4n) is 3.19. The van der Waals surface area contributed by atoms with E-state index in [9.17, 15) is 5.11 Å². The number of nitrogens with one attached hydrogen (secondary N) is 1. The predicted octanol–water partition coefficient (Wildman–Crippen LogP) is 3.25. The maximum atomic E-state index is 9.61. The van der Waals surface area contributed by atoms with Crippen molar-refractivity contribution < 1.29 is 5.11 Å². The number of hydrogen-bond donors (Lipinski definition) is 2. The van der Waals surface area contributed by atoms with E-state index in [2.05, 4.69) is 38.2 Å². The molecular formula is C17H27NO. The van der Waals surface area contributed by atoms with Gasteiger partial charge in [-0.15, -0.1) is 0 Å². The van der Waals surface area contributed by atoms with E-state index in [1.165, 1.54) is 47.9 Å². The summed E-state index contributed by atoms with van der Waals surface area (Å²) >= 11 is 0. The highest BCUT2D eigenvalue weighted by molar-refractivity contribution is 5.36. The number of aliphatic hydroxyl groups is 1. The summed E-state index contributed by atoms with van der Waals surface area (Å²) in [7, 11) is 0. The lowest BCUT2D eigenvalue weighted by molar-refractivity contribution is 0.128. The van der Waals surface area contributed by atoms with Crippen LogP contribution in [0.1, 0.15) is 47.9 Å². The third-order valence-electron chi connectivity index (χ3n) is 4.77. The molecule has 0 spiro atoms. The molecule has 0 radical (unpaired) electrons. The molecule has 1 saturated carbocycles. The summed E-state index contributed by atoms with van der Waals surface area (Å²) in [5.41, 5.74) is 5.62. The second-order valence-electron chi connectivity index (χ2n) is 6.33. The van der Waals surface area contributed by atoms with Crippen LogP contribution >= 0.6 is 0 Å². The molecule has 0 bridgehead atoms. The van der Waals surface area contributed by atoms with Crippen molar-refractivity contribution in [3.63, 3.8) is 0 Å². The molecule has 2 heteroatoms. The Morgan fingerprint density at radius 3 is 2.32 bits per heavy atom. The largest absolute Gasteiger partial charge is 0.396 e. The minimum Gasteiger partial charge on any atom is -0.396 e. The van der Waals surface area contributed by atoms with Crippen molar-refractivity contribution in [2.75, 3.05) is 13.2 Å². The highest BCUT2D eigenvalue weighted by atomic mass is 16.3. The van der Waals surface area contributed by atoms with Crippen LogP contribution in [0.15, 0.2) is 12.1 Å². The third kappa shape index (κ3) is 3.37. The Morgan fingerprint density at radius 1 is 1.05 bits per heavy atom. The molecule has 0 amide bonds. The van der Waals surface area contributed by atoms with Gasteiger partial charge in [-0.2, -0.15) is 0 Å².